The quantitative estimate of drug-likeness (QED) is 0.717. The highest BCUT2D eigenvalue weighted by Crippen LogP contribution is 2.26. The van der Waals surface area contributed by atoms with E-state index in [4.69, 9.17) is 11.6 Å². The third-order valence-corrected chi connectivity index (χ3v) is 2.19. The van der Waals surface area contributed by atoms with Crippen LogP contribution in [0, 0.1) is 0 Å². The fourth-order valence-corrected chi connectivity index (χ4v) is 1.39. The maximum atomic E-state index is 12.2. The molecule has 15 heavy (non-hydrogen) atoms. The van der Waals surface area contributed by atoms with E-state index in [1.54, 1.807) is 6.92 Å². The number of Topliss-reactive ketones (excluding diaryl/α,β-unsaturated/α-hetero) is 1. The first kappa shape index (κ1) is 12.0. The fraction of sp³-hybridized carbons (Fsp3) is 0.300. The predicted molar refractivity (Wildman–Crippen MR) is 51.2 cm³/mol. The summed E-state index contributed by atoms with van der Waals surface area (Å²) < 4.78 is 36.6. The van der Waals surface area contributed by atoms with Crippen molar-refractivity contribution in [2.24, 2.45) is 0 Å². The molecule has 1 aromatic rings. The highest BCUT2D eigenvalue weighted by molar-refractivity contribution is 6.31. The van der Waals surface area contributed by atoms with Crippen molar-refractivity contribution in [2.45, 2.75) is 19.5 Å². The molecule has 0 amide bonds. The standard InChI is InChI=1S/C10H8ClF3O/c1-2-6-3-4-7(11)5-8(6)9(15)10(12,13)14/h3-5H,2H2,1H3. The molecule has 82 valence electrons. The maximum absolute atomic E-state index is 12.2. The Morgan fingerprint density at radius 3 is 2.47 bits per heavy atom. The molecule has 0 unspecified atom stereocenters. The van der Waals surface area contributed by atoms with Gasteiger partial charge in [0.25, 0.3) is 5.78 Å². The minimum absolute atomic E-state index is 0.125. The highest BCUT2D eigenvalue weighted by Gasteiger charge is 2.40. The van der Waals surface area contributed by atoms with Crippen LogP contribution in [-0.4, -0.2) is 12.0 Å². The Bertz CT molecular complexity index is 385. The molecule has 0 saturated heterocycles. The van der Waals surface area contributed by atoms with E-state index in [1.807, 2.05) is 0 Å². The Morgan fingerprint density at radius 2 is 2.00 bits per heavy atom. The molecule has 0 atom stereocenters. The number of aryl methyl sites for hydroxylation is 1. The monoisotopic (exact) mass is 236 g/mol. The number of hydrogen-bond donors (Lipinski definition) is 0. The van der Waals surface area contributed by atoms with Gasteiger partial charge in [0, 0.05) is 10.6 Å². The van der Waals surface area contributed by atoms with Gasteiger partial charge in [0.15, 0.2) is 0 Å². The second-order valence-corrected chi connectivity index (χ2v) is 3.42. The molecule has 1 aromatic carbocycles. The van der Waals surface area contributed by atoms with Crippen LogP contribution in [0.5, 0.6) is 0 Å². The minimum Gasteiger partial charge on any atom is -0.284 e. The fourth-order valence-electron chi connectivity index (χ4n) is 1.22. The van der Waals surface area contributed by atoms with Crippen LogP contribution in [0.15, 0.2) is 18.2 Å². The zero-order chi connectivity index (χ0) is 11.6. The topological polar surface area (TPSA) is 17.1 Å². The van der Waals surface area contributed by atoms with Crippen LogP contribution < -0.4 is 0 Å². The average Bonchev–Trinajstić information content (AvgIpc) is 2.15. The molecule has 0 aromatic heterocycles. The van der Waals surface area contributed by atoms with Crippen LogP contribution in [0.3, 0.4) is 0 Å². The number of alkyl halides is 3. The van der Waals surface area contributed by atoms with E-state index in [-0.39, 0.29) is 10.6 Å². The Morgan fingerprint density at radius 1 is 1.40 bits per heavy atom. The summed E-state index contributed by atoms with van der Waals surface area (Å²) in [5, 5.41) is 0.125. The molecule has 0 aliphatic heterocycles. The van der Waals surface area contributed by atoms with E-state index in [9.17, 15) is 18.0 Å². The van der Waals surface area contributed by atoms with Gasteiger partial charge in [0.2, 0.25) is 0 Å². The van der Waals surface area contributed by atoms with Crippen molar-refractivity contribution in [3.63, 3.8) is 0 Å². The summed E-state index contributed by atoms with van der Waals surface area (Å²) in [6.45, 7) is 1.68. The van der Waals surface area contributed by atoms with E-state index < -0.39 is 12.0 Å². The highest BCUT2D eigenvalue weighted by atomic mass is 35.5. The lowest BCUT2D eigenvalue weighted by atomic mass is 10.0. The van der Waals surface area contributed by atoms with Crippen molar-refractivity contribution in [2.75, 3.05) is 0 Å². The molecule has 1 nitrogen and oxygen atoms in total. The Labute approximate surface area is 89.9 Å². The smallest absolute Gasteiger partial charge is 0.284 e. The molecule has 0 aliphatic rings. The van der Waals surface area contributed by atoms with Crippen LogP contribution in [0.4, 0.5) is 13.2 Å². The molecule has 0 aliphatic carbocycles. The van der Waals surface area contributed by atoms with Gasteiger partial charge in [-0.25, -0.2) is 0 Å². The third kappa shape index (κ3) is 2.72. The summed E-state index contributed by atoms with van der Waals surface area (Å²) in [6.07, 6.45) is -4.50. The number of carbonyl (C=O) groups excluding carboxylic acids is 1. The van der Waals surface area contributed by atoms with Crippen molar-refractivity contribution >= 4 is 17.4 Å². The summed E-state index contributed by atoms with van der Waals surface area (Å²) in [6, 6.07) is 3.95. The van der Waals surface area contributed by atoms with E-state index in [0.29, 0.717) is 12.0 Å². The number of rotatable bonds is 2. The van der Waals surface area contributed by atoms with Crippen molar-refractivity contribution in [1.29, 1.82) is 0 Å². The lowest BCUT2D eigenvalue weighted by Gasteiger charge is -2.09. The lowest BCUT2D eigenvalue weighted by molar-refractivity contribution is -0.0885. The van der Waals surface area contributed by atoms with Crippen molar-refractivity contribution < 1.29 is 18.0 Å². The van der Waals surface area contributed by atoms with Gasteiger partial charge in [-0.3, -0.25) is 4.79 Å². The van der Waals surface area contributed by atoms with Crippen LogP contribution in [0.25, 0.3) is 0 Å². The molecule has 0 bridgehead atoms. The second-order valence-electron chi connectivity index (χ2n) is 2.98. The predicted octanol–water partition coefficient (Wildman–Crippen LogP) is 3.65. The lowest BCUT2D eigenvalue weighted by Crippen LogP contribution is -2.23. The van der Waals surface area contributed by atoms with Gasteiger partial charge in [-0.2, -0.15) is 13.2 Å². The Hall–Kier alpha value is -1.03. The van der Waals surface area contributed by atoms with Gasteiger partial charge in [0.1, 0.15) is 0 Å². The minimum atomic E-state index is -4.85. The number of hydrogen-bond acceptors (Lipinski definition) is 1. The van der Waals surface area contributed by atoms with Gasteiger partial charge in [-0.15, -0.1) is 0 Å². The van der Waals surface area contributed by atoms with E-state index >= 15 is 0 Å². The van der Waals surface area contributed by atoms with Crippen LogP contribution >= 0.6 is 11.6 Å². The molecule has 0 saturated carbocycles. The molecule has 1 rings (SSSR count). The van der Waals surface area contributed by atoms with Crippen LogP contribution in [0.2, 0.25) is 5.02 Å². The Balaban J connectivity index is 3.23. The molecule has 0 heterocycles. The zero-order valence-electron chi connectivity index (χ0n) is 7.86. The first-order chi connectivity index (χ1) is 6.86. The molecular weight excluding hydrogens is 229 g/mol. The maximum Gasteiger partial charge on any atom is 0.454 e. The number of benzene rings is 1. The van der Waals surface area contributed by atoms with E-state index in [0.717, 1.165) is 6.07 Å². The number of carbonyl (C=O) groups is 1. The SMILES string of the molecule is CCc1ccc(Cl)cc1C(=O)C(F)(F)F. The summed E-state index contributed by atoms with van der Waals surface area (Å²) in [7, 11) is 0. The summed E-state index contributed by atoms with van der Waals surface area (Å²) >= 11 is 5.55. The molecule has 5 heteroatoms. The van der Waals surface area contributed by atoms with Crippen molar-refractivity contribution in [1.82, 2.24) is 0 Å². The van der Waals surface area contributed by atoms with Crippen LogP contribution in [0.1, 0.15) is 22.8 Å². The normalized spacial score (nSPS) is 11.5. The number of ketones is 1. The van der Waals surface area contributed by atoms with Gasteiger partial charge in [0.05, 0.1) is 0 Å². The largest absolute Gasteiger partial charge is 0.454 e. The average molecular weight is 237 g/mol. The number of halogens is 4. The van der Waals surface area contributed by atoms with Crippen LogP contribution in [-0.2, 0) is 6.42 Å². The molecule has 0 spiro atoms. The molecular formula is C10H8ClF3O. The van der Waals surface area contributed by atoms with E-state index in [2.05, 4.69) is 0 Å². The van der Waals surface area contributed by atoms with Gasteiger partial charge in [-0.05, 0) is 24.1 Å². The van der Waals surface area contributed by atoms with E-state index in [1.165, 1.54) is 12.1 Å². The zero-order valence-corrected chi connectivity index (χ0v) is 8.62. The van der Waals surface area contributed by atoms with Gasteiger partial charge in [-0.1, -0.05) is 24.6 Å². The third-order valence-electron chi connectivity index (χ3n) is 1.95. The first-order valence-corrected chi connectivity index (χ1v) is 4.64. The summed E-state index contributed by atoms with van der Waals surface area (Å²) in [5.74, 6) is -1.85. The summed E-state index contributed by atoms with van der Waals surface area (Å²) in [4.78, 5) is 11.0. The first-order valence-electron chi connectivity index (χ1n) is 4.26. The van der Waals surface area contributed by atoms with Gasteiger partial charge < -0.3 is 0 Å². The van der Waals surface area contributed by atoms with Crippen molar-refractivity contribution in [3.8, 4) is 0 Å². The second kappa shape index (κ2) is 4.23. The summed E-state index contributed by atoms with van der Waals surface area (Å²) in [5.41, 5.74) is -0.0146. The molecule has 0 radical (unpaired) electrons. The van der Waals surface area contributed by atoms with Crippen molar-refractivity contribution in [3.05, 3.63) is 34.3 Å². The molecule has 0 N–H and O–H groups in total. The van der Waals surface area contributed by atoms with Gasteiger partial charge >= 0.3 is 6.18 Å². The Kier molecular flexibility index (Phi) is 3.39. The molecule has 0 fully saturated rings.